The minimum atomic E-state index is 0.468. The van der Waals surface area contributed by atoms with E-state index in [-0.39, 0.29) is 0 Å². The molecule has 0 saturated carbocycles. The van der Waals surface area contributed by atoms with Gasteiger partial charge in [-0.05, 0) is 26.8 Å². The second-order valence-corrected chi connectivity index (χ2v) is 6.15. The fourth-order valence-electron chi connectivity index (χ4n) is 2.53. The molecule has 25 heavy (non-hydrogen) atoms. The van der Waals surface area contributed by atoms with Crippen molar-refractivity contribution in [3.8, 4) is 0 Å². The predicted molar refractivity (Wildman–Crippen MR) is 102 cm³/mol. The van der Waals surface area contributed by atoms with Crippen LogP contribution in [-0.4, -0.2) is 63.0 Å². The van der Waals surface area contributed by atoms with E-state index in [0.29, 0.717) is 12.5 Å². The first-order valence-corrected chi connectivity index (χ1v) is 9.29. The normalized spacial score (nSPS) is 12.2. The topological polar surface area (TPSA) is 74.9 Å². The van der Waals surface area contributed by atoms with Crippen molar-refractivity contribution in [2.24, 2.45) is 4.99 Å². The molecule has 0 aromatic carbocycles. The second-order valence-electron chi connectivity index (χ2n) is 6.15. The maximum absolute atomic E-state index is 5.43. The highest BCUT2D eigenvalue weighted by Gasteiger charge is 2.12. The van der Waals surface area contributed by atoms with Gasteiger partial charge in [-0.15, -0.1) is 0 Å². The molecular weight excluding hydrogens is 318 g/mol. The Morgan fingerprint density at radius 1 is 1.28 bits per heavy atom. The molecule has 0 aliphatic rings. The van der Waals surface area contributed by atoms with E-state index in [0.717, 1.165) is 63.0 Å². The van der Waals surface area contributed by atoms with Gasteiger partial charge in [0.1, 0.15) is 6.54 Å². The number of hydrogen-bond donors (Lipinski definition) is 2. The first-order chi connectivity index (χ1) is 12.1. The number of ether oxygens (including phenoxy) is 1. The molecule has 1 heterocycles. The van der Waals surface area contributed by atoms with Gasteiger partial charge < -0.3 is 24.8 Å². The van der Waals surface area contributed by atoms with E-state index in [4.69, 9.17) is 9.26 Å². The minimum Gasteiger partial charge on any atom is -0.383 e. The lowest BCUT2D eigenvalue weighted by atomic mass is 9.99. The van der Waals surface area contributed by atoms with Crippen LogP contribution in [0.3, 0.4) is 0 Å². The Bertz CT molecular complexity index is 486. The van der Waals surface area contributed by atoms with Crippen LogP contribution in [0.25, 0.3) is 0 Å². The van der Waals surface area contributed by atoms with Crippen LogP contribution >= 0.6 is 0 Å². The van der Waals surface area contributed by atoms with E-state index < -0.39 is 0 Å². The van der Waals surface area contributed by atoms with Gasteiger partial charge in [0.15, 0.2) is 11.7 Å². The molecule has 0 aliphatic carbocycles. The molecule has 0 radical (unpaired) electrons. The highest BCUT2D eigenvalue weighted by molar-refractivity contribution is 5.79. The monoisotopic (exact) mass is 353 g/mol. The van der Waals surface area contributed by atoms with Crippen LogP contribution in [0, 0.1) is 0 Å². The van der Waals surface area contributed by atoms with Gasteiger partial charge in [0.25, 0.3) is 0 Å². The van der Waals surface area contributed by atoms with E-state index in [1.165, 1.54) is 0 Å². The van der Waals surface area contributed by atoms with Crippen LogP contribution < -0.4 is 10.6 Å². The number of methoxy groups -OCH3 is 1. The molecule has 0 spiro atoms. The highest BCUT2D eigenvalue weighted by Crippen LogP contribution is 2.22. The number of guanidine groups is 1. The average molecular weight is 354 g/mol. The van der Waals surface area contributed by atoms with Crippen LogP contribution in [0.15, 0.2) is 15.6 Å². The molecule has 0 aliphatic heterocycles. The number of nitrogens with zero attached hydrogens (tertiary/aromatic N) is 3. The third-order valence-electron chi connectivity index (χ3n) is 4.18. The number of nitrogens with one attached hydrogen (secondary N) is 2. The van der Waals surface area contributed by atoms with E-state index in [1.807, 2.05) is 6.07 Å². The Morgan fingerprint density at radius 3 is 2.68 bits per heavy atom. The van der Waals surface area contributed by atoms with Gasteiger partial charge in [0, 0.05) is 45.3 Å². The van der Waals surface area contributed by atoms with Crippen molar-refractivity contribution in [1.29, 1.82) is 0 Å². The van der Waals surface area contributed by atoms with Crippen molar-refractivity contribution in [2.45, 2.75) is 46.1 Å². The summed E-state index contributed by atoms with van der Waals surface area (Å²) >= 11 is 0. The van der Waals surface area contributed by atoms with Crippen LogP contribution in [0.5, 0.6) is 0 Å². The van der Waals surface area contributed by atoms with Gasteiger partial charge in [-0.25, -0.2) is 4.99 Å². The Balaban J connectivity index is 2.49. The Labute approximate surface area is 152 Å². The van der Waals surface area contributed by atoms with Crippen molar-refractivity contribution in [1.82, 2.24) is 20.7 Å². The smallest absolute Gasteiger partial charge is 0.191 e. The molecule has 1 aromatic heterocycles. The van der Waals surface area contributed by atoms with Crippen molar-refractivity contribution in [3.05, 3.63) is 17.5 Å². The zero-order valence-electron chi connectivity index (χ0n) is 16.5. The predicted octanol–water partition coefficient (Wildman–Crippen LogP) is 2.21. The van der Waals surface area contributed by atoms with Crippen molar-refractivity contribution < 1.29 is 9.26 Å². The fraction of sp³-hybridized carbons (Fsp3) is 0.778. The summed E-state index contributed by atoms with van der Waals surface area (Å²) in [4.78, 5) is 6.81. The van der Waals surface area contributed by atoms with E-state index in [9.17, 15) is 0 Å². The molecule has 144 valence electrons. The van der Waals surface area contributed by atoms with Gasteiger partial charge in [0.2, 0.25) is 0 Å². The van der Waals surface area contributed by atoms with Crippen LogP contribution in [0.2, 0.25) is 0 Å². The largest absolute Gasteiger partial charge is 0.383 e. The minimum absolute atomic E-state index is 0.468. The van der Waals surface area contributed by atoms with Crippen molar-refractivity contribution in [3.63, 3.8) is 0 Å². The molecule has 1 rings (SSSR count). The maximum atomic E-state index is 5.43. The summed E-state index contributed by atoms with van der Waals surface area (Å²) in [6.45, 7) is 11.1. The molecule has 0 atom stereocenters. The summed E-state index contributed by atoms with van der Waals surface area (Å²) in [5, 5.41) is 10.8. The third-order valence-corrected chi connectivity index (χ3v) is 4.18. The SMILES string of the molecule is CCNC(=NCc1cc(C(CC)CC)no1)NCCN(C)CCOC. The summed E-state index contributed by atoms with van der Waals surface area (Å²) in [6, 6.07) is 2.03. The van der Waals surface area contributed by atoms with Gasteiger partial charge in [-0.1, -0.05) is 19.0 Å². The number of rotatable bonds is 12. The molecule has 7 heteroatoms. The molecule has 0 saturated heterocycles. The molecule has 0 bridgehead atoms. The van der Waals surface area contributed by atoms with Crippen LogP contribution in [0.1, 0.15) is 51.0 Å². The van der Waals surface area contributed by atoms with E-state index >= 15 is 0 Å². The lowest BCUT2D eigenvalue weighted by molar-refractivity contribution is 0.162. The summed E-state index contributed by atoms with van der Waals surface area (Å²) in [7, 11) is 3.80. The number of aromatic nitrogens is 1. The third kappa shape index (κ3) is 8.36. The first kappa shape index (κ1) is 21.4. The Hall–Kier alpha value is -1.60. The van der Waals surface area contributed by atoms with Crippen molar-refractivity contribution in [2.75, 3.05) is 46.9 Å². The molecule has 2 N–H and O–H groups in total. The molecule has 0 unspecified atom stereocenters. The van der Waals surface area contributed by atoms with Gasteiger partial charge in [0.05, 0.1) is 12.3 Å². The highest BCUT2D eigenvalue weighted by atomic mass is 16.5. The molecule has 0 amide bonds. The molecule has 7 nitrogen and oxygen atoms in total. The Kier molecular flexibility index (Phi) is 10.9. The zero-order chi connectivity index (χ0) is 18.5. The van der Waals surface area contributed by atoms with Gasteiger partial charge in [-0.3, -0.25) is 0 Å². The van der Waals surface area contributed by atoms with Crippen LogP contribution in [0.4, 0.5) is 0 Å². The fourth-order valence-corrected chi connectivity index (χ4v) is 2.53. The summed E-state index contributed by atoms with van der Waals surface area (Å²) in [5.74, 6) is 2.06. The molecular formula is C18H35N5O2. The quantitative estimate of drug-likeness (QED) is 0.443. The van der Waals surface area contributed by atoms with E-state index in [2.05, 4.69) is 53.5 Å². The lowest BCUT2D eigenvalue weighted by Gasteiger charge is -2.17. The Morgan fingerprint density at radius 2 is 2.04 bits per heavy atom. The second kappa shape index (κ2) is 12.7. The van der Waals surface area contributed by atoms with Crippen LogP contribution in [-0.2, 0) is 11.3 Å². The lowest BCUT2D eigenvalue weighted by Crippen LogP contribution is -2.41. The van der Waals surface area contributed by atoms with Gasteiger partial charge >= 0.3 is 0 Å². The molecule has 1 aromatic rings. The first-order valence-electron chi connectivity index (χ1n) is 9.29. The standard InChI is InChI=1S/C18H35N5O2/c1-6-15(7-2)17-13-16(25-22-17)14-21-18(19-8-3)20-9-10-23(4)11-12-24-5/h13,15H,6-12,14H2,1-5H3,(H2,19,20,21). The summed E-state index contributed by atoms with van der Waals surface area (Å²) in [6.07, 6.45) is 2.15. The average Bonchev–Trinajstić information content (AvgIpc) is 3.07. The molecule has 0 fully saturated rings. The number of likely N-dealkylation sites (N-methyl/N-ethyl adjacent to an activating group) is 1. The summed E-state index contributed by atoms with van der Waals surface area (Å²) in [5.41, 5.74) is 1.04. The summed E-state index contributed by atoms with van der Waals surface area (Å²) < 4.78 is 10.5. The zero-order valence-corrected chi connectivity index (χ0v) is 16.5. The van der Waals surface area contributed by atoms with Gasteiger partial charge in [-0.2, -0.15) is 0 Å². The van der Waals surface area contributed by atoms with Crippen molar-refractivity contribution >= 4 is 5.96 Å². The number of hydrogen-bond acceptors (Lipinski definition) is 5. The number of aliphatic imine (C=N–C) groups is 1. The maximum Gasteiger partial charge on any atom is 0.191 e. The van der Waals surface area contributed by atoms with E-state index in [1.54, 1.807) is 7.11 Å².